The molecule has 1 heterocycles. The van der Waals surface area contributed by atoms with E-state index in [2.05, 4.69) is 64.8 Å². The van der Waals surface area contributed by atoms with Gasteiger partial charge in [0.2, 0.25) is 0 Å². The monoisotopic (exact) mass is 304 g/mol. The first-order valence-corrected chi connectivity index (χ1v) is 7.64. The summed E-state index contributed by atoms with van der Waals surface area (Å²) < 4.78 is 0. The van der Waals surface area contributed by atoms with Crippen LogP contribution in [0.25, 0.3) is 0 Å². The van der Waals surface area contributed by atoms with Crippen molar-refractivity contribution >= 4 is 17.3 Å². The van der Waals surface area contributed by atoms with E-state index >= 15 is 0 Å². The van der Waals surface area contributed by atoms with Crippen molar-refractivity contribution in [3.63, 3.8) is 0 Å². The van der Waals surface area contributed by atoms with Crippen LogP contribution < -0.4 is 10.6 Å². The molecule has 4 heteroatoms. The van der Waals surface area contributed by atoms with E-state index < -0.39 is 0 Å². The second-order valence-corrected chi connectivity index (χ2v) is 5.63. The SMILES string of the molecule is Cc1cc(C)cc(Nc2cc(NCc3ccccc3)ncn2)c1. The molecule has 2 N–H and O–H groups in total. The summed E-state index contributed by atoms with van der Waals surface area (Å²) in [5.74, 6) is 1.58. The normalized spacial score (nSPS) is 10.3. The molecule has 2 aromatic carbocycles. The van der Waals surface area contributed by atoms with Gasteiger partial charge in [-0.2, -0.15) is 0 Å². The van der Waals surface area contributed by atoms with Crippen LogP contribution in [0.15, 0.2) is 60.9 Å². The Kier molecular flexibility index (Phi) is 4.52. The Labute approximate surface area is 136 Å². The zero-order chi connectivity index (χ0) is 16.1. The van der Waals surface area contributed by atoms with E-state index in [9.17, 15) is 0 Å². The first kappa shape index (κ1) is 15.0. The Hall–Kier alpha value is -2.88. The predicted molar refractivity (Wildman–Crippen MR) is 95.0 cm³/mol. The van der Waals surface area contributed by atoms with Gasteiger partial charge >= 0.3 is 0 Å². The molecule has 0 spiro atoms. The van der Waals surface area contributed by atoms with Crippen LogP contribution in [-0.4, -0.2) is 9.97 Å². The fourth-order valence-corrected chi connectivity index (χ4v) is 2.51. The molecule has 0 aliphatic carbocycles. The number of nitrogens with one attached hydrogen (secondary N) is 2. The van der Waals surface area contributed by atoms with Crippen molar-refractivity contribution in [2.24, 2.45) is 0 Å². The Balaban J connectivity index is 1.69. The van der Waals surface area contributed by atoms with Crippen molar-refractivity contribution < 1.29 is 0 Å². The highest BCUT2D eigenvalue weighted by Gasteiger charge is 2.01. The van der Waals surface area contributed by atoms with Crippen LogP contribution in [0.5, 0.6) is 0 Å². The number of nitrogens with zero attached hydrogens (tertiary/aromatic N) is 2. The second kappa shape index (κ2) is 6.92. The Morgan fingerprint density at radius 3 is 2.26 bits per heavy atom. The van der Waals surface area contributed by atoms with Crippen molar-refractivity contribution in [1.29, 1.82) is 0 Å². The lowest BCUT2D eigenvalue weighted by molar-refractivity contribution is 1.08. The van der Waals surface area contributed by atoms with Crippen LogP contribution >= 0.6 is 0 Å². The third-order valence-electron chi connectivity index (χ3n) is 3.48. The van der Waals surface area contributed by atoms with Gasteiger partial charge < -0.3 is 10.6 Å². The summed E-state index contributed by atoms with van der Waals surface area (Å²) in [6, 6.07) is 18.5. The molecular weight excluding hydrogens is 284 g/mol. The standard InChI is InChI=1S/C19H20N4/c1-14-8-15(2)10-17(9-14)23-19-11-18(21-13-22-19)20-12-16-6-4-3-5-7-16/h3-11,13H,12H2,1-2H3,(H2,20,21,22,23). The summed E-state index contributed by atoms with van der Waals surface area (Å²) in [4.78, 5) is 8.56. The number of benzene rings is 2. The fourth-order valence-electron chi connectivity index (χ4n) is 2.51. The molecule has 0 aliphatic rings. The molecule has 23 heavy (non-hydrogen) atoms. The largest absolute Gasteiger partial charge is 0.366 e. The highest BCUT2D eigenvalue weighted by molar-refractivity contribution is 5.60. The lowest BCUT2D eigenvalue weighted by Crippen LogP contribution is -2.03. The molecule has 0 unspecified atom stereocenters. The minimum absolute atomic E-state index is 0.737. The number of aromatic nitrogens is 2. The minimum atomic E-state index is 0.737. The first-order chi connectivity index (χ1) is 11.2. The van der Waals surface area contributed by atoms with E-state index in [1.165, 1.54) is 16.7 Å². The maximum absolute atomic E-state index is 4.29. The van der Waals surface area contributed by atoms with Gasteiger partial charge in [-0.15, -0.1) is 0 Å². The van der Waals surface area contributed by atoms with Crippen molar-refractivity contribution in [3.05, 3.63) is 77.6 Å². The molecule has 0 saturated heterocycles. The van der Waals surface area contributed by atoms with Crippen LogP contribution in [0.1, 0.15) is 16.7 Å². The average molecular weight is 304 g/mol. The molecular formula is C19H20N4. The summed E-state index contributed by atoms with van der Waals surface area (Å²) in [6.45, 7) is 4.91. The molecule has 3 rings (SSSR count). The number of hydrogen-bond acceptors (Lipinski definition) is 4. The van der Waals surface area contributed by atoms with Crippen LogP contribution in [0.2, 0.25) is 0 Å². The summed E-state index contributed by atoms with van der Waals surface area (Å²) in [7, 11) is 0. The molecule has 116 valence electrons. The summed E-state index contributed by atoms with van der Waals surface area (Å²) in [6.07, 6.45) is 1.57. The Morgan fingerprint density at radius 1 is 0.826 bits per heavy atom. The number of hydrogen-bond donors (Lipinski definition) is 2. The van der Waals surface area contributed by atoms with Crippen LogP contribution in [0.3, 0.4) is 0 Å². The number of aryl methyl sites for hydroxylation is 2. The van der Waals surface area contributed by atoms with Gasteiger partial charge in [0, 0.05) is 18.3 Å². The third-order valence-corrected chi connectivity index (χ3v) is 3.48. The van der Waals surface area contributed by atoms with Crippen molar-refractivity contribution in [1.82, 2.24) is 9.97 Å². The third kappa shape index (κ3) is 4.30. The summed E-state index contributed by atoms with van der Waals surface area (Å²) in [5, 5.41) is 6.65. The molecule has 0 fully saturated rings. The molecule has 1 aromatic heterocycles. The maximum atomic E-state index is 4.29. The number of rotatable bonds is 5. The smallest absolute Gasteiger partial charge is 0.135 e. The summed E-state index contributed by atoms with van der Waals surface area (Å²) >= 11 is 0. The fraction of sp³-hybridized carbons (Fsp3) is 0.158. The van der Waals surface area contributed by atoms with Gasteiger partial charge in [0.1, 0.15) is 18.0 Å². The van der Waals surface area contributed by atoms with E-state index in [-0.39, 0.29) is 0 Å². The van der Waals surface area contributed by atoms with Crippen LogP contribution in [0.4, 0.5) is 17.3 Å². The molecule has 0 amide bonds. The van der Waals surface area contributed by atoms with E-state index in [0.29, 0.717) is 0 Å². The van der Waals surface area contributed by atoms with E-state index in [1.54, 1.807) is 6.33 Å². The van der Waals surface area contributed by atoms with E-state index in [4.69, 9.17) is 0 Å². The highest BCUT2D eigenvalue weighted by atomic mass is 15.1. The Bertz CT molecular complexity index is 764. The molecule has 0 aliphatic heterocycles. The van der Waals surface area contributed by atoms with Crippen molar-refractivity contribution in [2.75, 3.05) is 10.6 Å². The quantitative estimate of drug-likeness (QED) is 0.731. The lowest BCUT2D eigenvalue weighted by Gasteiger charge is -2.10. The van der Waals surface area contributed by atoms with E-state index in [1.807, 2.05) is 24.3 Å². The van der Waals surface area contributed by atoms with Gasteiger partial charge in [0.15, 0.2) is 0 Å². The van der Waals surface area contributed by atoms with Gasteiger partial charge in [0.25, 0.3) is 0 Å². The van der Waals surface area contributed by atoms with Gasteiger partial charge in [0.05, 0.1) is 0 Å². The predicted octanol–water partition coefficient (Wildman–Crippen LogP) is 4.45. The van der Waals surface area contributed by atoms with Gasteiger partial charge in [-0.1, -0.05) is 36.4 Å². The van der Waals surface area contributed by atoms with E-state index in [0.717, 1.165) is 23.9 Å². The zero-order valence-corrected chi connectivity index (χ0v) is 13.4. The molecule has 3 aromatic rings. The van der Waals surface area contributed by atoms with Crippen molar-refractivity contribution in [3.8, 4) is 0 Å². The maximum Gasteiger partial charge on any atom is 0.135 e. The first-order valence-electron chi connectivity index (χ1n) is 7.64. The molecule has 0 bridgehead atoms. The Morgan fingerprint density at radius 2 is 1.52 bits per heavy atom. The lowest BCUT2D eigenvalue weighted by atomic mass is 10.1. The topological polar surface area (TPSA) is 49.8 Å². The van der Waals surface area contributed by atoms with Gasteiger partial charge in [-0.3, -0.25) is 0 Å². The summed E-state index contributed by atoms with van der Waals surface area (Å²) in [5.41, 5.74) is 4.71. The number of anilines is 3. The van der Waals surface area contributed by atoms with Gasteiger partial charge in [-0.25, -0.2) is 9.97 Å². The van der Waals surface area contributed by atoms with Crippen molar-refractivity contribution in [2.45, 2.75) is 20.4 Å². The molecule has 0 atom stereocenters. The van der Waals surface area contributed by atoms with Crippen LogP contribution in [-0.2, 0) is 6.54 Å². The zero-order valence-electron chi connectivity index (χ0n) is 13.4. The molecule has 4 nitrogen and oxygen atoms in total. The van der Waals surface area contributed by atoms with Crippen LogP contribution in [0, 0.1) is 13.8 Å². The van der Waals surface area contributed by atoms with Gasteiger partial charge in [-0.05, 0) is 42.7 Å². The minimum Gasteiger partial charge on any atom is -0.366 e. The highest BCUT2D eigenvalue weighted by Crippen LogP contribution is 2.19. The molecule has 0 radical (unpaired) electrons. The average Bonchev–Trinajstić information content (AvgIpc) is 2.53. The second-order valence-electron chi connectivity index (χ2n) is 5.63. The molecule has 0 saturated carbocycles.